The number of nitrogens with one attached hydrogen (secondary N) is 2. The van der Waals surface area contributed by atoms with E-state index in [0.29, 0.717) is 17.0 Å². The highest BCUT2D eigenvalue weighted by Gasteiger charge is 2.07. The Morgan fingerprint density at radius 1 is 1.09 bits per heavy atom. The van der Waals surface area contributed by atoms with Crippen molar-refractivity contribution in [2.24, 2.45) is 0 Å². The van der Waals surface area contributed by atoms with Gasteiger partial charge < -0.3 is 15.0 Å². The first-order valence-electron chi connectivity index (χ1n) is 6.92. The Labute approximate surface area is 130 Å². The maximum absolute atomic E-state index is 12.8. The summed E-state index contributed by atoms with van der Waals surface area (Å²) in [6.45, 7) is -0.229. The van der Waals surface area contributed by atoms with Gasteiger partial charge in [0.1, 0.15) is 11.6 Å². The van der Waals surface area contributed by atoms with E-state index in [4.69, 9.17) is 4.74 Å². The number of rotatable bonds is 4. The van der Waals surface area contributed by atoms with E-state index < -0.39 is 0 Å². The summed E-state index contributed by atoms with van der Waals surface area (Å²) in [5.74, 6) is -0.347. The van der Waals surface area contributed by atoms with Crippen LogP contribution < -0.4 is 15.6 Å². The van der Waals surface area contributed by atoms with Gasteiger partial charge in [-0.1, -0.05) is 12.1 Å². The average molecular weight is 312 g/mol. The number of carbonyl (C=O) groups excluding carboxylic acids is 1. The minimum Gasteiger partial charge on any atom is -0.482 e. The normalized spacial score (nSPS) is 10.5. The van der Waals surface area contributed by atoms with Crippen LogP contribution in [0.15, 0.2) is 59.4 Å². The van der Waals surface area contributed by atoms with E-state index in [1.165, 1.54) is 30.3 Å². The Morgan fingerprint density at radius 2 is 1.87 bits per heavy atom. The summed E-state index contributed by atoms with van der Waals surface area (Å²) < 4.78 is 18.3. The lowest BCUT2D eigenvalue weighted by molar-refractivity contribution is -0.118. The predicted octanol–water partition coefficient (Wildman–Crippen LogP) is 2.68. The zero-order chi connectivity index (χ0) is 16.2. The van der Waals surface area contributed by atoms with Gasteiger partial charge >= 0.3 is 0 Å². The van der Waals surface area contributed by atoms with Crippen molar-refractivity contribution < 1.29 is 13.9 Å². The summed E-state index contributed by atoms with van der Waals surface area (Å²) in [6.07, 6.45) is 0. The molecule has 3 aromatic rings. The zero-order valence-corrected chi connectivity index (χ0v) is 12.0. The number of para-hydroxylation sites is 1. The number of fused-ring (bicyclic) bond motifs is 1. The van der Waals surface area contributed by atoms with Gasteiger partial charge in [0.05, 0.1) is 5.52 Å². The summed E-state index contributed by atoms with van der Waals surface area (Å²) in [4.78, 5) is 26.0. The van der Waals surface area contributed by atoms with E-state index in [-0.39, 0.29) is 23.9 Å². The number of ether oxygens (including phenoxy) is 1. The second-order valence-corrected chi connectivity index (χ2v) is 4.89. The lowest BCUT2D eigenvalue weighted by Gasteiger charge is -2.09. The third-order valence-electron chi connectivity index (χ3n) is 3.21. The molecule has 0 spiro atoms. The molecule has 0 fully saturated rings. The van der Waals surface area contributed by atoms with Crippen LogP contribution in [0.25, 0.3) is 10.9 Å². The first kappa shape index (κ1) is 14.8. The maximum atomic E-state index is 12.8. The second-order valence-electron chi connectivity index (χ2n) is 4.89. The van der Waals surface area contributed by atoms with Crippen molar-refractivity contribution in [3.8, 4) is 5.75 Å². The Balaban J connectivity index is 1.70. The number of hydrogen-bond acceptors (Lipinski definition) is 3. The fraction of sp³-hybridized carbons (Fsp3) is 0.0588. The van der Waals surface area contributed by atoms with E-state index in [9.17, 15) is 14.0 Å². The molecule has 0 aliphatic rings. The van der Waals surface area contributed by atoms with Gasteiger partial charge in [-0.2, -0.15) is 0 Å². The van der Waals surface area contributed by atoms with Crippen molar-refractivity contribution in [2.45, 2.75) is 0 Å². The molecular weight excluding hydrogens is 299 g/mol. The molecule has 0 saturated carbocycles. The molecule has 3 rings (SSSR count). The fourth-order valence-corrected chi connectivity index (χ4v) is 2.14. The molecule has 0 aliphatic carbocycles. The molecule has 0 unspecified atom stereocenters. The number of amides is 1. The molecule has 23 heavy (non-hydrogen) atoms. The Morgan fingerprint density at radius 3 is 2.65 bits per heavy atom. The van der Waals surface area contributed by atoms with Crippen LogP contribution in [-0.2, 0) is 4.79 Å². The Bertz CT molecular complexity index is 904. The van der Waals surface area contributed by atoms with E-state index in [0.717, 1.165) is 5.39 Å². The molecule has 6 heteroatoms. The number of pyridine rings is 1. The summed E-state index contributed by atoms with van der Waals surface area (Å²) in [7, 11) is 0. The van der Waals surface area contributed by atoms with Gasteiger partial charge in [0.2, 0.25) is 5.56 Å². The minimum atomic E-state index is -0.383. The summed E-state index contributed by atoms with van der Waals surface area (Å²) in [5.41, 5.74) is 0.769. The van der Waals surface area contributed by atoms with Gasteiger partial charge in [-0.05, 0) is 36.4 Å². The number of halogens is 1. The van der Waals surface area contributed by atoms with Crippen molar-refractivity contribution in [1.82, 2.24) is 4.98 Å². The van der Waals surface area contributed by atoms with E-state index >= 15 is 0 Å². The number of H-pyrrole nitrogens is 1. The highest BCUT2D eigenvalue weighted by atomic mass is 19.1. The van der Waals surface area contributed by atoms with Crippen molar-refractivity contribution in [3.63, 3.8) is 0 Å². The van der Waals surface area contributed by atoms with Crippen LogP contribution >= 0.6 is 0 Å². The van der Waals surface area contributed by atoms with Crippen molar-refractivity contribution >= 4 is 22.5 Å². The summed E-state index contributed by atoms with van der Waals surface area (Å²) in [5, 5.41) is 3.40. The fourth-order valence-electron chi connectivity index (χ4n) is 2.14. The Hall–Kier alpha value is -3.15. The molecule has 0 atom stereocenters. The highest BCUT2D eigenvalue weighted by molar-refractivity contribution is 5.92. The molecule has 1 aromatic heterocycles. The molecule has 0 radical (unpaired) electrons. The molecule has 1 heterocycles. The SMILES string of the molecule is O=C(COc1cccc2ccc(=O)[nH]c12)Nc1ccc(F)cc1. The van der Waals surface area contributed by atoms with Crippen molar-refractivity contribution in [2.75, 3.05) is 11.9 Å². The third kappa shape index (κ3) is 3.55. The molecular formula is C17H13FN2O3. The van der Waals surface area contributed by atoms with Crippen LogP contribution in [0.2, 0.25) is 0 Å². The molecule has 2 aromatic carbocycles. The van der Waals surface area contributed by atoms with Crippen LogP contribution in [0.3, 0.4) is 0 Å². The topological polar surface area (TPSA) is 71.2 Å². The molecule has 1 amide bonds. The van der Waals surface area contributed by atoms with Crippen LogP contribution in [0.5, 0.6) is 5.75 Å². The quantitative estimate of drug-likeness (QED) is 0.778. The van der Waals surface area contributed by atoms with Gasteiger partial charge in [-0.15, -0.1) is 0 Å². The number of aromatic amines is 1. The minimum absolute atomic E-state index is 0.229. The van der Waals surface area contributed by atoms with Gasteiger partial charge in [0.15, 0.2) is 6.61 Å². The first-order chi connectivity index (χ1) is 11.1. The standard InChI is InChI=1S/C17H13FN2O3/c18-12-5-7-13(8-6-12)19-16(22)10-23-14-3-1-2-11-4-9-15(21)20-17(11)14/h1-9H,10H2,(H,19,22)(H,20,21). The van der Waals surface area contributed by atoms with Crippen molar-refractivity contribution in [1.29, 1.82) is 0 Å². The number of anilines is 1. The van der Waals surface area contributed by atoms with E-state index in [2.05, 4.69) is 10.3 Å². The van der Waals surface area contributed by atoms with Crippen molar-refractivity contribution in [3.05, 3.63) is 70.8 Å². The molecule has 0 aliphatic heterocycles. The number of hydrogen-bond donors (Lipinski definition) is 2. The van der Waals surface area contributed by atoms with Gasteiger partial charge in [0.25, 0.3) is 5.91 Å². The lowest BCUT2D eigenvalue weighted by atomic mass is 10.2. The van der Waals surface area contributed by atoms with Gasteiger partial charge in [0, 0.05) is 17.1 Å². The second kappa shape index (κ2) is 6.31. The van der Waals surface area contributed by atoms with Crippen LogP contribution in [-0.4, -0.2) is 17.5 Å². The maximum Gasteiger partial charge on any atom is 0.262 e. The smallest absolute Gasteiger partial charge is 0.262 e. The number of benzene rings is 2. The van der Waals surface area contributed by atoms with Gasteiger partial charge in [-0.25, -0.2) is 4.39 Å². The van der Waals surface area contributed by atoms with E-state index in [1.54, 1.807) is 18.2 Å². The zero-order valence-electron chi connectivity index (χ0n) is 12.0. The lowest BCUT2D eigenvalue weighted by Crippen LogP contribution is -2.20. The molecule has 2 N–H and O–H groups in total. The number of aromatic nitrogens is 1. The molecule has 5 nitrogen and oxygen atoms in total. The number of carbonyl (C=O) groups is 1. The summed E-state index contributed by atoms with van der Waals surface area (Å²) in [6, 6.07) is 13.8. The Kier molecular flexibility index (Phi) is 4.05. The van der Waals surface area contributed by atoms with E-state index in [1.807, 2.05) is 6.07 Å². The summed E-state index contributed by atoms with van der Waals surface area (Å²) >= 11 is 0. The highest BCUT2D eigenvalue weighted by Crippen LogP contribution is 2.22. The van der Waals surface area contributed by atoms with Crippen LogP contribution in [0, 0.1) is 5.82 Å². The third-order valence-corrected chi connectivity index (χ3v) is 3.21. The molecule has 0 bridgehead atoms. The van der Waals surface area contributed by atoms with Crippen LogP contribution in [0.4, 0.5) is 10.1 Å². The molecule has 116 valence electrons. The largest absolute Gasteiger partial charge is 0.482 e. The monoisotopic (exact) mass is 312 g/mol. The van der Waals surface area contributed by atoms with Crippen LogP contribution in [0.1, 0.15) is 0 Å². The predicted molar refractivity (Wildman–Crippen MR) is 85.1 cm³/mol. The molecule has 0 saturated heterocycles. The first-order valence-corrected chi connectivity index (χ1v) is 6.92. The van der Waals surface area contributed by atoms with Gasteiger partial charge in [-0.3, -0.25) is 9.59 Å². The average Bonchev–Trinajstić information content (AvgIpc) is 2.55.